The number of rotatable bonds is 6. The molecule has 2 aromatic heterocycles. The van der Waals surface area contributed by atoms with Gasteiger partial charge < -0.3 is 5.32 Å². The summed E-state index contributed by atoms with van der Waals surface area (Å²) in [6, 6.07) is 8.95. The smallest absolute Gasteiger partial charge is 0.234 e. The molecule has 2 heterocycles. The minimum Gasteiger partial charge on any atom is -0.325 e. The minimum atomic E-state index is -0.0603. The van der Waals surface area contributed by atoms with E-state index in [2.05, 4.69) is 20.3 Å². The van der Waals surface area contributed by atoms with E-state index in [1.807, 2.05) is 12.1 Å². The predicted molar refractivity (Wildman–Crippen MR) is 99.4 cm³/mol. The molecule has 24 heavy (non-hydrogen) atoms. The van der Waals surface area contributed by atoms with E-state index in [9.17, 15) is 4.79 Å². The van der Waals surface area contributed by atoms with E-state index < -0.39 is 0 Å². The fourth-order valence-electron chi connectivity index (χ4n) is 1.93. The van der Waals surface area contributed by atoms with Crippen LogP contribution < -0.4 is 5.32 Å². The maximum absolute atomic E-state index is 11.9. The van der Waals surface area contributed by atoms with Crippen molar-refractivity contribution in [1.29, 1.82) is 0 Å². The summed E-state index contributed by atoms with van der Waals surface area (Å²) in [6.07, 6.45) is 5.02. The van der Waals surface area contributed by atoms with Crippen LogP contribution in [0.1, 0.15) is 5.01 Å². The molecule has 1 amide bonds. The molecule has 0 aliphatic rings. The largest absolute Gasteiger partial charge is 0.325 e. The van der Waals surface area contributed by atoms with E-state index in [0.29, 0.717) is 22.2 Å². The SMILES string of the molecule is O=C(CSCc1ncc(-c2ccncn2)s1)Nc1cccc(Cl)c1. The van der Waals surface area contributed by atoms with E-state index in [1.54, 1.807) is 41.9 Å². The standard InChI is InChI=1S/C16H13ClN4OS2/c17-11-2-1-3-12(6-11)21-15(22)8-23-9-16-19-7-14(24-16)13-4-5-18-10-20-13/h1-7,10H,8-9H2,(H,21,22). The molecular formula is C16H13ClN4OS2. The molecule has 0 unspecified atom stereocenters. The molecular weight excluding hydrogens is 364 g/mol. The lowest BCUT2D eigenvalue weighted by molar-refractivity contribution is -0.113. The number of halogens is 1. The fraction of sp³-hybridized carbons (Fsp3) is 0.125. The van der Waals surface area contributed by atoms with Crippen molar-refractivity contribution in [3.05, 3.63) is 59.1 Å². The van der Waals surface area contributed by atoms with E-state index in [0.717, 1.165) is 15.6 Å². The van der Waals surface area contributed by atoms with E-state index >= 15 is 0 Å². The Balaban J connectivity index is 1.48. The molecule has 0 saturated heterocycles. The van der Waals surface area contributed by atoms with Crippen LogP contribution >= 0.6 is 34.7 Å². The molecule has 0 spiro atoms. The molecule has 8 heteroatoms. The summed E-state index contributed by atoms with van der Waals surface area (Å²) in [5, 5.41) is 4.38. The Morgan fingerprint density at radius 2 is 2.21 bits per heavy atom. The van der Waals surface area contributed by atoms with Gasteiger partial charge in [0.1, 0.15) is 11.3 Å². The quantitative estimate of drug-likeness (QED) is 0.700. The Morgan fingerprint density at radius 1 is 1.29 bits per heavy atom. The van der Waals surface area contributed by atoms with Gasteiger partial charge in [0.05, 0.1) is 16.3 Å². The minimum absolute atomic E-state index is 0.0603. The number of amides is 1. The maximum Gasteiger partial charge on any atom is 0.234 e. The second-order valence-electron chi connectivity index (χ2n) is 4.76. The molecule has 122 valence electrons. The van der Waals surface area contributed by atoms with Crippen LogP contribution in [0, 0.1) is 0 Å². The molecule has 1 aromatic carbocycles. The van der Waals surface area contributed by atoms with Crippen LogP contribution in [0.25, 0.3) is 10.6 Å². The monoisotopic (exact) mass is 376 g/mol. The van der Waals surface area contributed by atoms with Gasteiger partial charge in [-0.1, -0.05) is 17.7 Å². The zero-order valence-corrected chi connectivity index (χ0v) is 14.9. The van der Waals surface area contributed by atoms with Crippen molar-refractivity contribution in [2.24, 2.45) is 0 Å². The molecule has 3 aromatic rings. The topological polar surface area (TPSA) is 67.8 Å². The summed E-state index contributed by atoms with van der Waals surface area (Å²) < 4.78 is 0. The number of carbonyl (C=O) groups is 1. The van der Waals surface area contributed by atoms with Crippen LogP contribution in [0.5, 0.6) is 0 Å². The first-order valence-electron chi connectivity index (χ1n) is 7.05. The van der Waals surface area contributed by atoms with Crippen molar-refractivity contribution in [3.8, 4) is 10.6 Å². The third-order valence-electron chi connectivity index (χ3n) is 2.96. The summed E-state index contributed by atoms with van der Waals surface area (Å²) in [5.41, 5.74) is 1.56. The molecule has 0 bridgehead atoms. The van der Waals surface area contributed by atoms with E-state index in [1.165, 1.54) is 18.1 Å². The lowest BCUT2D eigenvalue weighted by Crippen LogP contribution is -2.14. The van der Waals surface area contributed by atoms with Crippen LogP contribution in [0.4, 0.5) is 5.69 Å². The van der Waals surface area contributed by atoms with Crippen molar-refractivity contribution in [3.63, 3.8) is 0 Å². The maximum atomic E-state index is 11.9. The Labute approximate surface area is 152 Å². The third kappa shape index (κ3) is 4.77. The Kier molecular flexibility index (Phi) is 5.79. The van der Waals surface area contributed by atoms with Gasteiger partial charge in [-0.3, -0.25) is 4.79 Å². The average molecular weight is 377 g/mol. The number of nitrogens with one attached hydrogen (secondary N) is 1. The number of thioether (sulfide) groups is 1. The van der Waals surface area contributed by atoms with Gasteiger partial charge in [-0.15, -0.1) is 23.1 Å². The first kappa shape index (κ1) is 16.9. The van der Waals surface area contributed by atoms with Crippen LogP contribution in [0.3, 0.4) is 0 Å². The first-order valence-corrected chi connectivity index (χ1v) is 9.40. The number of hydrogen-bond donors (Lipinski definition) is 1. The number of benzene rings is 1. The normalized spacial score (nSPS) is 10.5. The molecule has 0 radical (unpaired) electrons. The number of thiazole rings is 1. The molecule has 5 nitrogen and oxygen atoms in total. The number of aromatic nitrogens is 3. The van der Waals surface area contributed by atoms with Crippen molar-refractivity contribution >= 4 is 46.3 Å². The van der Waals surface area contributed by atoms with Gasteiger partial charge in [-0.25, -0.2) is 15.0 Å². The molecule has 0 aliphatic carbocycles. The van der Waals surface area contributed by atoms with Gasteiger partial charge in [-0.05, 0) is 24.3 Å². The van der Waals surface area contributed by atoms with Gasteiger partial charge in [0.25, 0.3) is 0 Å². The number of carbonyl (C=O) groups excluding carboxylic acids is 1. The molecule has 0 saturated carbocycles. The number of nitrogens with zero attached hydrogens (tertiary/aromatic N) is 3. The summed E-state index contributed by atoms with van der Waals surface area (Å²) >= 11 is 8.98. The zero-order chi connectivity index (χ0) is 16.8. The zero-order valence-electron chi connectivity index (χ0n) is 12.5. The van der Waals surface area contributed by atoms with Crippen LogP contribution in [0.15, 0.2) is 49.1 Å². The average Bonchev–Trinajstić information content (AvgIpc) is 3.04. The first-order chi connectivity index (χ1) is 11.7. The van der Waals surface area contributed by atoms with Crippen LogP contribution in [-0.2, 0) is 10.5 Å². The van der Waals surface area contributed by atoms with Gasteiger partial charge in [0.2, 0.25) is 5.91 Å². The summed E-state index contributed by atoms with van der Waals surface area (Å²) in [7, 11) is 0. The highest BCUT2D eigenvalue weighted by Crippen LogP contribution is 2.26. The second-order valence-corrected chi connectivity index (χ2v) is 7.30. The van der Waals surface area contributed by atoms with Crippen molar-refractivity contribution in [2.75, 3.05) is 11.1 Å². The molecule has 0 atom stereocenters. The lowest BCUT2D eigenvalue weighted by Gasteiger charge is -2.04. The van der Waals surface area contributed by atoms with E-state index in [4.69, 9.17) is 11.6 Å². The van der Waals surface area contributed by atoms with Crippen LogP contribution in [-0.4, -0.2) is 26.6 Å². The fourth-order valence-corrected chi connectivity index (χ4v) is 3.90. The highest BCUT2D eigenvalue weighted by Gasteiger charge is 2.08. The molecule has 3 rings (SSSR count). The predicted octanol–water partition coefficient (Wildman–Crippen LogP) is 4.13. The van der Waals surface area contributed by atoms with Crippen LogP contribution in [0.2, 0.25) is 5.02 Å². The summed E-state index contributed by atoms with van der Waals surface area (Å²) in [5.74, 6) is 0.975. The number of anilines is 1. The van der Waals surface area contributed by atoms with Crippen molar-refractivity contribution in [2.45, 2.75) is 5.75 Å². The number of hydrogen-bond acceptors (Lipinski definition) is 6. The summed E-state index contributed by atoms with van der Waals surface area (Å²) in [4.78, 5) is 25.4. The van der Waals surface area contributed by atoms with Crippen molar-refractivity contribution < 1.29 is 4.79 Å². The van der Waals surface area contributed by atoms with Gasteiger partial charge in [0.15, 0.2) is 0 Å². The Bertz CT molecular complexity index is 826. The lowest BCUT2D eigenvalue weighted by atomic mass is 10.3. The molecule has 1 N–H and O–H groups in total. The van der Waals surface area contributed by atoms with Gasteiger partial charge in [0, 0.05) is 28.9 Å². The summed E-state index contributed by atoms with van der Waals surface area (Å²) in [6.45, 7) is 0. The van der Waals surface area contributed by atoms with E-state index in [-0.39, 0.29) is 5.91 Å². The van der Waals surface area contributed by atoms with Gasteiger partial charge in [-0.2, -0.15) is 0 Å². The third-order valence-corrected chi connectivity index (χ3v) is 5.34. The van der Waals surface area contributed by atoms with Crippen molar-refractivity contribution in [1.82, 2.24) is 15.0 Å². The Morgan fingerprint density at radius 3 is 3.00 bits per heavy atom. The Hall–Kier alpha value is -1.96. The molecule has 0 aliphatic heterocycles. The highest BCUT2D eigenvalue weighted by atomic mass is 35.5. The highest BCUT2D eigenvalue weighted by molar-refractivity contribution is 7.99. The molecule has 0 fully saturated rings. The van der Waals surface area contributed by atoms with Gasteiger partial charge >= 0.3 is 0 Å². The second kappa shape index (κ2) is 8.23.